The van der Waals surface area contributed by atoms with Gasteiger partial charge in [-0.05, 0) is 43.7 Å². The number of piperidine rings is 1. The molecule has 1 aliphatic heterocycles. The Hall–Kier alpha value is -2.73. The van der Waals surface area contributed by atoms with Crippen LogP contribution in [0.5, 0.6) is 0 Å². The van der Waals surface area contributed by atoms with Gasteiger partial charge in [0, 0.05) is 36.5 Å². The van der Waals surface area contributed by atoms with Gasteiger partial charge in [0.05, 0.1) is 18.5 Å². The first-order chi connectivity index (χ1) is 12.3. The van der Waals surface area contributed by atoms with Gasteiger partial charge < -0.3 is 9.40 Å². The van der Waals surface area contributed by atoms with Crippen LogP contribution < -0.4 is 5.56 Å². The monoisotopic (exact) mass is 336 g/mol. The van der Waals surface area contributed by atoms with E-state index in [2.05, 4.69) is 14.9 Å². The van der Waals surface area contributed by atoms with Crippen molar-refractivity contribution >= 4 is 0 Å². The number of nitrogens with zero attached hydrogens (tertiary/aromatic N) is 3. The van der Waals surface area contributed by atoms with Gasteiger partial charge in [0.1, 0.15) is 11.6 Å². The lowest BCUT2D eigenvalue weighted by Gasteiger charge is -2.31. The Labute approximate surface area is 145 Å². The van der Waals surface area contributed by atoms with Crippen molar-refractivity contribution in [3.05, 3.63) is 70.8 Å². The molecule has 128 valence electrons. The Bertz CT molecular complexity index is 874. The quantitative estimate of drug-likeness (QED) is 0.793. The van der Waals surface area contributed by atoms with Crippen LogP contribution >= 0.6 is 0 Å². The summed E-state index contributed by atoms with van der Waals surface area (Å²) in [7, 11) is 0. The van der Waals surface area contributed by atoms with Crippen LogP contribution in [-0.2, 0) is 6.54 Å². The minimum absolute atomic E-state index is 0.111. The summed E-state index contributed by atoms with van der Waals surface area (Å²) in [5.74, 6) is 1.83. The molecule has 0 amide bonds. The number of hydrogen-bond acceptors (Lipinski definition) is 5. The highest BCUT2D eigenvalue weighted by atomic mass is 16.3. The van der Waals surface area contributed by atoms with Crippen molar-refractivity contribution in [1.29, 1.82) is 0 Å². The van der Waals surface area contributed by atoms with E-state index < -0.39 is 0 Å². The fourth-order valence-electron chi connectivity index (χ4n) is 3.40. The van der Waals surface area contributed by atoms with Crippen LogP contribution in [0.15, 0.2) is 58.2 Å². The Morgan fingerprint density at radius 2 is 2.16 bits per heavy atom. The number of pyridine rings is 1. The molecule has 1 N–H and O–H groups in total. The molecule has 1 saturated heterocycles. The van der Waals surface area contributed by atoms with Crippen molar-refractivity contribution in [2.75, 3.05) is 13.1 Å². The molecule has 4 rings (SSSR count). The minimum Gasteiger partial charge on any atom is -0.468 e. The first-order valence-corrected chi connectivity index (χ1v) is 8.54. The van der Waals surface area contributed by atoms with Crippen LogP contribution in [0, 0.1) is 0 Å². The number of aromatic amines is 1. The zero-order valence-corrected chi connectivity index (χ0v) is 13.9. The first kappa shape index (κ1) is 15.8. The first-order valence-electron chi connectivity index (χ1n) is 8.54. The van der Waals surface area contributed by atoms with Crippen molar-refractivity contribution in [3.8, 4) is 11.4 Å². The number of aromatic nitrogens is 3. The second-order valence-electron chi connectivity index (χ2n) is 6.41. The predicted octanol–water partition coefficient (Wildman–Crippen LogP) is 2.80. The number of nitrogens with one attached hydrogen (secondary N) is 1. The van der Waals surface area contributed by atoms with E-state index >= 15 is 0 Å². The van der Waals surface area contributed by atoms with Gasteiger partial charge in [0.15, 0.2) is 0 Å². The number of rotatable bonds is 4. The molecule has 1 atom stereocenters. The molecule has 4 heterocycles. The summed E-state index contributed by atoms with van der Waals surface area (Å²) in [4.78, 5) is 26.1. The second kappa shape index (κ2) is 7.03. The molecular formula is C19H20N4O2. The fraction of sp³-hybridized carbons (Fsp3) is 0.316. The van der Waals surface area contributed by atoms with Crippen LogP contribution in [0.25, 0.3) is 11.4 Å². The van der Waals surface area contributed by atoms with E-state index in [9.17, 15) is 4.79 Å². The molecule has 0 aromatic carbocycles. The van der Waals surface area contributed by atoms with E-state index in [-0.39, 0.29) is 11.5 Å². The van der Waals surface area contributed by atoms with E-state index in [1.807, 2.05) is 24.3 Å². The van der Waals surface area contributed by atoms with Crippen LogP contribution in [0.4, 0.5) is 0 Å². The maximum absolute atomic E-state index is 12.1. The molecule has 0 radical (unpaired) electrons. The van der Waals surface area contributed by atoms with E-state index in [0.29, 0.717) is 5.82 Å². The van der Waals surface area contributed by atoms with E-state index in [0.717, 1.165) is 49.5 Å². The lowest BCUT2D eigenvalue weighted by molar-refractivity contribution is 0.185. The molecule has 0 spiro atoms. The molecule has 6 heteroatoms. The molecule has 1 unspecified atom stereocenters. The van der Waals surface area contributed by atoms with Crippen molar-refractivity contribution in [2.45, 2.75) is 25.3 Å². The Morgan fingerprint density at radius 3 is 2.96 bits per heavy atom. The topological polar surface area (TPSA) is 75.0 Å². The molecule has 1 aliphatic rings. The zero-order chi connectivity index (χ0) is 17.1. The fourth-order valence-corrected chi connectivity index (χ4v) is 3.40. The highest BCUT2D eigenvalue weighted by molar-refractivity contribution is 5.53. The summed E-state index contributed by atoms with van der Waals surface area (Å²) < 4.78 is 5.46. The number of hydrogen-bond donors (Lipinski definition) is 1. The second-order valence-corrected chi connectivity index (χ2v) is 6.41. The van der Waals surface area contributed by atoms with Gasteiger partial charge in [-0.15, -0.1) is 0 Å². The number of H-pyrrole nitrogens is 1. The third-order valence-electron chi connectivity index (χ3n) is 4.60. The Kier molecular flexibility index (Phi) is 4.43. The number of furan rings is 1. The maximum Gasteiger partial charge on any atom is 0.251 e. The van der Waals surface area contributed by atoms with Gasteiger partial charge >= 0.3 is 0 Å². The molecule has 25 heavy (non-hydrogen) atoms. The molecule has 1 fully saturated rings. The smallest absolute Gasteiger partial charge is 0.251 e. The average molecular weight is 336 g/mol. The van der Waals surface area contributed by atoms with E-state index in [1.54, 1.807) is 24.7 Å². The third-order valence-corrected chi connectivity index (χ3v) is 4.60. The highest BCUT2D eigenvalue weighted by Crippen LogP contribution is 2.27. The largest absolute Gasteiger partial charge is 0.468 e. The molecular weight excluding hydrogens is 316 g/mol. The Morgan fingerprint density at radius 1 is 1.28 bits per heavy atom. The van der Waals surface area contributed by atoms with Crippen molar-refractivity contribution in [3.63, 3.8) is 0 Å². The van der Waals surface area contributed by atoms with Crippen LogP contribution in [0.1, 0.15) is 30.2 Å². The maximum atomic E-state index is 12.1. The van der Waals surface area contributed by atoms with Gasteiger partial charge in [-0.1, -0.05) is 0 Å². The van der Waals surface area contributed by atoms with Gasteiger partial charge in [-0.3, -0.25) is 14.7 Å². The molecule has 3 aromatic rings. The summed E-state index contributed by atoms with van der Waals surface area (Å²) in [5.41, 5.74) is 1.62. The summed E-state index contributed by atoms with van der Waals surface area (Å²) in [6.07, 6.45) is 7.24. The zero-order valence-electron chi connectivity index (χ0n) is 13.9. The van der Waals surface area contributed by atoms with Gasteiger partial charge in [0.2, 0.25) is 0 Å². The summed E-state index contributed by atoms with van der Waals surface area (Å²) >= 11 is 0. The summed E-state index contributed by atoms with van der Waals surface area (Å²) in [6, 6.07) is 9.25. The van der Waals surface area contributed by atoms with Crippen LogP contribution in [-0.4, -0.2) is 32.9 Å². The minimum atomic E-state index is -0.111. The predicted molar refractivity (Wildman–Crippen MR) is 94.0 cm³/mol. The van der Waals surface area contributed by atoms with Crippen molar-refractivity contribution in [1.82, 2.24) is 19.9 Å². The van der Waals surface area contributed by atoms with Crippen molar-refractivity contribution < 1.29 is 4.42 Å². The third kappa shape index (κ3) is 3.69. The average Bonchev–Trinajstić information content (AvgIpc) is 3.15. The van der Waals surface area contributed by atoms with E-state index in [4.69, 9.17) is 9.40 Å². The Balaban J connectivity index is 1.56. The lowest BCUT2D eigenvalue weighted by atomic mass is 9.94. The summed E-state index contributed by atoms with van der Waals surface area (Å²) in [6.45, 7) is 2.72. The van der Waals surface area contributed by atoms with Crippen LogP contribution in [0.2, 0.25) is 0 Å². The summed E-state index contributed by atoms with van der Waals surface area (Å²) in [5, 5.41) is 0. The number of likely N-dealkylation sites (tertiary alicyclic amines) is 1. The highest BCUT2D eigenvalue weighted by Gasteiger charge is 2.24. The molecule has 0 saturated carbocycles. The molecule has 0 aliphatic carbocycles. The van der Waals surface area contributed by atoms with Gasteiger partial charge in [-0.25, -0.2) is 4.98 Å². The van der Waals surface area contributed by atoms with Crippen molar-refractivity contribution in [2.24, 2.45) is 0 Å². The normalized spacial score (nSPS) is 18.3. The van der Waals surface area contributed by atoms with Crippen LogP contribution in [0.3, 0.4) is 0 Å². The molecule has 6 nitrogen and oxygen atoms in total. The lowest BCUT2D eigenvalue weighted by Crippen LogP contribution is -2.34. The molecule has 0 bridgehead atoms. The van der Waals surface area contributed by atoms with Gasteiger partial charge in [-0.2, -0.15) is 0 Å². The molecule has 3 aromatic heterocycles. The van der Waals surface area contributed by atoms with E-state index in [1.165, 1.54) is 0 Å². The standard InChI is InChI=1S/C19H20N4O2/c24-18-11-17(21-19(22-18)14-5-7-20-8-6-14)15-3-1-9-23(12-15)13-16-4-2-10-25-16/h2,4-8,10-11,15H,1,3,9,12-13H2,(H,21,22,24). The van der Waals surface area contributed by atoms with Gasteiger partial charge in [0.25, 0.3) is 5.56 Å². The SMILES string of the molecule is O=c1cc(C2CCCN(Cc3ccco3)C2)nc(-c2ccncc2)[nH]1.